The third kappa shape index (κ3) is 4.59. The van der Waals surface area contributed by atoms with Gasteiger partial charge in [-0.05, 0) is 43.5 Å². The second-order valence-corrected chi connectivity index (χ2v) is 8.45. The Balaban J connectivity index is 1.66. The Kier molecular flexibility index (Phi) is 6.52. The minimum absolute atomic E-state index is 0.339. The largest absolute Gasteiger partial charge is 0.322 e. The topological polar surface area (TPSA) is 99.5 Å². The van der Waals surface area contributed by atoms with Crippen molar-refractivity contribution in [1.29, 1.82) is 0 Å². The molecule has 1 aliphatic heterocycles. The molecule has 0 atom stereocenters. The summed E-state index contributed by atoms with van der Waals surface area (Å²) in [6.45, 7) is 6.92. The summed E-state index contributed by atoms with van der Waals surface area (Å²) in [5.74, 6) is 0.245. The molecule has 1 amide bonds. The summed E-state index contributed by atoms with van der Waals surface area (Å²) in [5, 5.41) is 7.02. The van der Waals surface area contributed by atoms with E-state index in [0.29, 0.717) is 28.4 Å². The number of hydrogen-bond acceptors (Lipinski definition) is 8. The molecule has 0 saturated carbocycles. The molecule has 1 aliphatic rings. The zero-order valence-corrected chi connectivity index (χ0v) is 19.9. The van der Waals surface area contributed by atoms with Gasteiger partial charge in [0.05, 0.1) is 17.6 Å². The number of benzene rings is 2. The van der Waals surface area contributed by atoms with Gasteiger partial charge in [0, 0.05) is 31.9 Å². The number of nitrogens with zero attached hydrogens (tertiary/aromatic N) is 7. The van der Waals surface area contributed by atoms with Crippen LogP contribution in [0.5, 0.6) is 0 Å². The van der Waals surface area contributed by atoms with E-state index in [4.69, 9.17) is 0 Å². The predicted octanol–water partition coefficient (Wildman–Crippen LogP) is 2.60. The number of likely N-dealkylation sites (N-methyl/N-ethyl adjacent to an activating group) is 1. The SMILES string of the molecule is C=CC(=O)Nc1cccc(-n2c(=O)cnc3c(N(c4ccccc4)N4CCN(C)CC4)ncnc32)c1. The molecule has 0 aliphatic carbocycles. The molecule has 5 rings (SSSR count). The van der Waals surface area contributed by atoms with E-state index < -0.39 is 0 Å². The first-order chi connectivity index (χ1) is 17.5. The van der Waals surface area contributed by atoms with Crippen molar-refractivity contribution < 1.29 is 4.79 Å². The number of piperazine rings is 1. The van der Waals surface area contributed by atoms with Crippen molar-refractivity contribution in [2.45, 2.75) is 0 Å². The molecule has 1 saturated heterocycles. The molecule has 1 fully saturated rings. The first-order valence-corrected chi connectivity index (χ1v) is 11.6. The minimum atomic E-state index is -0.342. The van der Waals surface area contributed by atoms with Crippen LogP contribution in [0, 0.1) is 0 Å². The Morgan fingerprint density at radius 2 is 1.81 bits per heavy atom. The van der Waals surface area contributed by atoms with Gasteiger partial charge in [0.2, 0.25) is 5.91 Å². The maximum atomic E-state index is 13.0. The van der Waals surface area contributed by atoms with Gasteiger partial charge in [-0.1, -0.05) is 30.8 Å². The molecule has 2 aromatic heterocycles. The van der Waals surface area contributed by atoms with Gasteiger partial charge in [0.25, 0.3) is 5.56 Å². The number of amides is 1. The van der Waals surface area contributed by atoms with Crippen LogP contribution < -0.4 is 15.9 Å². The van der Waals surface area contributed by atoms with Gasteiger partial charge in [0.1, 0.15) is 6.33 Å². The van der Waals surface area contributed by atoms with Crippen molar-refractivity contribution in [2.24, 2.45) is 0 Å². The van der Waals surface area contributed by atoms with Crippen LogP contribution in [0.2, 0.25) is 0 Å². The Labute approximate surface area is 208 Å². The van der Waals surface area contributed by atoms with Crippen LogP contribution in [0.3, 0.4) is 0 Å². The van der Waals surface area contributed by atoms with E-state index in [1.165, 1.54) is 23.2 Å². The molecule has 10 heteroatoms. The Hall–Kier alpha value is -4.41. The molecular weight excluding hydrogens is 456 g/mol. The summed E-state index contributed by atoms with van der Waals surface area (Å²) < 4.78 is 1.48. The second kappa shape index (κ2) is 10.1. The number of carbonyl (C=O) groups excluding carboxylic acids is 1. The first-order valence-electron chi connectivity index (χ1n) is 11.6. The average molecular weight is 483 g/mol. The summed E-state index contributed by atoms with van der Waals surface area (Å²) in [4.78, 5) is 40.7. The molecule has 36 heavy (non-hydrogen) atoms. The summed E-state index contributed by atoms with van der Waals surface area (Å²) >= 11 is 0. The number of hydrogen-bond donors (Lipinski definition) is 1. The summed E-state index contributed by atoms with van der Waals surface area (Å²) in [5.41, 5.74) is 2.53. The van der Waals surface area contributed by atoms with Gasteiger partial charge in [0.15, 0.2) is 17.0 Å². The van der Waals surface area contributed by atoms with Crippen LogP contribution in [-0.4, -0.2) is 68.6 Å². The molecule has 2 aromatic carbocycles. The number of rotatable bonds is 6. The standard InChI is InChI=1S/C26H26N8O2/c1-3-22(35)30-19-8-7-11-21(16-19)33-23(36)17-27-24-25(33)28-18-29-26(24)34(20-9-5-4-6-10-20)32-14-12-31(2)13-15-32/h3-11,16-18H,1,12-15H2,2H3,(H,30,35). The van der Waals surface area contributed by atoms with Gasteiger partial charge in [-0.2, -0.15) is 0 Å². The molecule has 4 aromatic rings. The van der Waals surface area contributed by atoms with E-state index in [2.05, 4.69) is 48.8 Å². The van der Waals surface area contributed by atoms with Crippen LogP contribution in [0.15, 0.2) is 84.6 Å². The zero-order chi connectivity index (χ0) is 25.1. The molecule has 0 bridgehead atoms. The first kappa shape index (κ1) is 23.3. The molecule has 3 heterocycles. The van der Waals surface area contributed by atoms with Crippen molar-refractivity contribution in [3.63, 3.8) is 0 Å². The number of para-hydroxylation sites is 1. The lowest BCUT2D eigenvalue weighted by Crippen LogP contribution is -2.51. The van der Waals surface area contributed by atoms with E-state index in [0.717, 1.165) is 31.9 Å². The number of nitrogens with one attached hydrogen (secondary N) is 1. The lowest BCUT2D eigenvalue weighted by Gasteiger charge is -2.40. The van der Waals surface area contributed by atoms with Crippen molar-refractivity contribution in [2.75, 3.05) is 43.6 Å². The number of aromatic nitrogens is 4. The van der Waals surface area contributed by atoms with Crippen molar-refractivity contribution in [3.05, 3.63) is 90.1 Å². The smallest absolute Gasteiger partial charge is 0.275 e. The van der Waals surface area contributed by atoms with Crippen molar-refractivity contribution in [1.82, 2.24) is 29.4 Å². The van der Waals surface area contributed by atoms with E-state index >= 15 is 0 Å². The highest BCUT2D eigenvalue weighted by Gasteiger charge is 2.26. The normalized spacial score (nSPS) is 14.5. The van der Waals surface area contributed by atoms with Crippen LogP contribution in [0.25, 0.3) is 16.9 Å². The van der Waals surface area contributed by atoms with Gasteiger partial charge < -0.3 is 10.2 Å². The molecular formula is C26H26N8O2. The quantitative estimate of drug-likeness (QED) is 0.419. The van der Waals surface area contributed by atoms with Crippen LogP contribution in [-0.2, 0) is 4.79 Å². The van der Waals surface area contributed by atoms with E-state index in [9.17, 15) is 9.59 Å². The van der Waals surface area contributed by atoms with Gasteiger partial charge in [-0.3, -0.25) is 19.2 Å². The summed E-state index contributed by atoms with van der Waals surface area (Å²) in [6, 6.07) is 17.0. The predicted molar refractivity (Wildman–Crippen MR) is 139 cm³/mol. The highest BCUT2D eigenvalue weighted by molar-refractivity contribution is 5.99. The Morgan fingerprint density at radius 3 is 2.56 bits per heavy atom. The fraction of sp³-hybridized carbons (Fsp3) is 0.192. The fourth-order valence-corrected chi connectivity index (χ4v) is 4.23. The van der Waals surface area contributed by atoms with Crippen LogP contribution in [0.1, 0.15) is 0 Å². The molecule has 0 unspecified atom stereocenters. The number of anilines is 3. The Bertz CT molecular complexity index is 1460. The Morgan fingerprint density at radius 1 is 1.03 bits per heavy atom. The highest BCUT2D eigenvalue weighted by atomic mass is 16.1. The van der Waals surface area contributed by atoms with E-state index in [-0.39, 0.29) is 11.5 Å². The minimum Gasteiger partial charge on any atom is -0.322 e. The summed E-state index contributed by atoms with van der Waals surface area (Å²) in [7, 11) is 2.11. The zero-order valence-electron chi connectivity index (χ0n) is 19.9. The molecule has 10 nitrogen and oxygen atoms in total. The molecule has 0 radical (unpaired) electrons. The van der Waals surface area contributed by atoms with Crippen LogP contribution in [0.4, 0.5) is 17.2 Å². The monoisotopic (exact) mass is 482 g/mol. The van der Waals surface area contributed by atoms with Gasteiger partial charge in [-0.25, -0.2) is 20.0 Å². The van der Waals surface area contributed by atoms with E-state index in [1.807, 2.05) is 30.3 Å². The third-order valence-electron chi connectivity index (χ3n) is 6.04. The molecule has 182 valence electrons. The van der Waals surface area contributed by atoms with Gasteiger partial charge >= 0.3 is 0 Å². The lowest BCUT2D eigenvalue weighted by molar-refractivity contribution is -0.111. The second-order valence-electron chi connectivity index (χ2n) is 8.45. The van der Waals surface area contributed by atoms with Crippen molar-refractivity contribution >= 4 is 34.3 Å². The fourth-order valence-electron chi connectivity index (χ4n) is 4.23. The van der Waals surface area contributed by atoms with Crippen molar-refractivity contribution in [3.8, 4) is 5.69 Å². The average Bonchev–Trinajstić information content (AvgIpc) is 2.90. The van der Waals surface area contributed by atoms with Crippen LogP contribution >= 0.6 is 0 Å². The number of hydrazine groups is 1. The highest BCUT2D eigenvalue weighted by Crippen LogP contribution is 2.30. The maximum Gasteiger partial charge on any atom is 0.275 e. The van der Waals surface area contributed by atoms with Gasteiger partial charge in [-0.15, -0.1) is 0 Å². The summed E-state index contributed by atoms with van der Waals surface area (Å²) in [6.07, 6.45) is 3.92. The third-order valence-corrected chi connectivity index (χ3v) is 6.04. The molecule has 0 spiro atoms. The maximum absolute atomic E-state index is 13.0. The number of carbonyl (C=O) groups is 1. The number of fused-ring (bicyclic) bond motifs is 1. The molecule has 1 N–H and O–H groups in total. The lowest BCUT2D eigenvalue weighted by atomic mass is 10.2. The van der Waals surface area contributed by atoms with E-state index in [1.54, 1.807) is 24.3 Å².